The Bertz CT molecular complexity index is 460. The Morgan fingerprint density at radius 1 is 1.41 bits per heavy atom. The minimum absolute atomic E-state index is 0.404. The van der Waals surface area contributed by atoms with Crippen LogP contribution in [0.5, 0.6) is 0 Å². The third-order valence-electron chi connectivity index (χ3n) is 2.73. The Labute approximate surface area is 111 Å². The van der Waals surface area contributed by atoms with Crippen LogP contribution in [-0.4, -0.2) is 11.5 Å². The zero-order valence-corrected chi connectivity index (χ0v) is 12.1. The summed E-state index contributed by atoms with van der Waals surface area (Å²) in [4.78, 5) is 7.29. The van der Waals surface area contributed by atoms with Crippen LogP contribution in [0.2, 0.25) is 0 Å². The van der Waals surface area contributed by atoms with E-state index < -0.39 is 0 Å². The molecule has 1 unspecified atom stereocenters. The van der Waals surface area contributed by atoms with Gasteiger partial charge in [0.1, 0.15) is 0 Å². The number of aryl methyl sites for hydroxylation is 2. The number of thiophene rings is 1. The summed E-state index contributed by atoms with van der Waals surface area (Å²) in [6.45, 7) is 7.41. The molecule has 0 aromatic carbocycles. The van der Waals surface area contributed by atoms with Gasteiger partial charge in [-0.2, -0.15) is 0 Å². The van der Waals surface area contributed by atoms with Crippen molar-refractivity contribution in [3.05, 3.63) is 38.0 Å². The highest BCUT2D eigenvalue weighted by Gasteiger charge is 2.11. The van der Waals surface area contributed by atoms with Gasteiger partial charge in [0.15, 0.2) is 0 Å². The maximum absolute atomic E-state index is 4.47. The number of nitrogens with zero attached hydrogens (tertiary/aromatic N) is 1. The van der Waals surface area contributed by atoms with Crippen molar-refractivity contribution in [2.75, 3.05) is 6.54 Å². The van der Waals surface area contributed by atoms with E-state index in [-0.39, 0.29) is 0 Å². The maximum atomic E-state index is 4.47. The van der Waals surface area contributed by atoms with Gasteiger partial charge in [-0.25, -0.2) is 4.98 Å². The number of hydrogen-bond donors (Lipinski definition) is 1. The number of hydrogen-bond acceptors (Lipinski definition) is 4. The first-order valence-electron chi connectivity index (χ1n) is 5.86. The van der Waals surface area contributed by atoms with E-state index in [4.69, 9.17) is 0 Å². The molecule has 0 aliphatic heterocycles. The fourth-order valence-electron chi connectivity index (χ4n) is 1.91. The summed E-state index contributed by atoms with van der Waals surface area (Å²) >= 11 is 3.63. The van der Waals surface area contributed by atoms with Crippen LogP contribution in [0.3, 0.4) is 0 Å². The second-order valence-corrected chi connectivity index (χ2v) is 6.45. The van der Waals surface area contributed by atoms with Gasteiger partial charge in [0.25, 0.3) is 0 Å². The summed E-state index contributed by atoms with van der Waals surface area (Å²) in [5, 5.41) is 6.86. The fourth-order valence-corrected chi connectivity index (χ4v) is 3.57. The monoisotopic (exact) mass is 266 g/mol. The lowest BCUT2D eigenvalue weighted by atomic mass is 10.2. The third-order valence-corrected chi connectivity index (χ3v) is 4.93. The lowest BCUT2D eigenvalue weighted by Crippen LogP contribution is -2.20. The van der Waals surface area contributed by atoms with Gasteiger partial charge in [0, 0.05) is 22.3 Å². The van der Waals surface area contributed by atoms with Crippen LogP contribution >= 0.6 is 22.7 Å². The molecule has 4 heteroatoms. The van der Waals surface area contributed by atoms with Gasteiger partial charge in [0.05, 0.1) is 10.7 Å². The molecule has 2 aromatic rings. The molecule has 0 saturated heterocycles. The van der Waals surface area contributed by atoms with Crippen LogP contribution in [0, 0.1) is 13.8 Å². The highest BCUT2D eigenvalue weighted by atomic mass is 32.1. The first-order chi connectivity index (χ1) is 8.16. The SMILES string of the molecule is Cc1nc(C)c(C(C)NCCc2cccs2)s1. The van der Waals surface area contributed by atoms with Crippen molar-refractivity contribution in [2.45, 2.75) is 33.2 Å². The first kappa shape index (κ1) is 12.7. The van der Waals surface area contributed by atoms with Gasteiger partial charge in [0.2, 0.25) is 0 Å². The molecule has 0 bridgehead atoms. The number of rotatable bonds is 5. The standard InChI is InChI=1S/C13H18N2S2/c1-9(13-10(2)15-11(3)17-13)14-7-6-12-5-4-8-16-12/h4-5,8-9,14H,6-7H2,1-3H3. The first-order valence-corrected chi connectivity index (χ1v) is 7.56. The minimum atomic E-state index is 0.404. The molecule has 2 aromatic heterocycles. The second kappa shape index (κ2) is 5.76. The highest BCUT2D eigenvalue weighted by molar-refractivity contribution is 7.11. The van der Waals surface area contributed by atoms with Crippen molar-refractivity contribution in [3.63, 3.8) is 0 Å². The lowest BCUT2D eigenvalue weighted by Gasteiger charge is -2.12. The van der Waals surface area contributed by atoms with Crippen molar-refractivity contribution < 1.29 is 0 Å². The topological polar surface area (TPSA) is 24.9 Å². The molecule has 0 fully saturated rings. The van der Waals surface area contributed by atoms with E-state index >= 15 is 0 Å². The summed E-state index contributed by atoms with van der Waals surface area (Å²) in [6, 6.07) is 4.71. The van der Waals surface area contributed by atoms with Crippen LogP contribution < -0.4 is 5.32 Å². The quantitative estimate of drug-likeness (QED) is 0.892. The van der Waals surface area contributed by atoms with Crippen LogP contribution in [-0.2, 0) is 6.42 Å². The highest BCUT2D eigenvalue weighted by Crippen LogP contribution is 2.24. The predicted octanol–water partition coefficient (Wildman–Crippen LogP) is 3.71. The maximum Gasteiger partial charge on any atom is 0.0900 e. The van der Waals surface area contributed by atoms with Gasteiger partial charge in [-0.1, -0.05) is 6.07 Å². The molecule has 2 nitrogen and oxygen atoms in total. The Kier molecular flexibility index (Phi) is 4.31. The summed E-state index contributed by atoms with van der Waals surface area (Å²) < 4.78 is 0. The normalized spacial score (nSPS) is 12.9. The summed E-state index contributed by atoms with van der Waals surface area (Å²) in [6.07, 6.45) is 1.11. The predicted molar refractivity (Wildman–Crippen MR) is 76.0 cm³/mol. The summed E-state index contributed by atoms with van der Waals surface area (Å²) in [7, 11) is 0. The largest absolute Gasteiger partial charge is 0.309 e. The van der Waals surface area contributed by atoms with E-state index in [1.165, 1.54) is 15.4 Å². The average molecular weight is 266 g/mol. The van der Waals surface area contributed by atoms with Gasteiger partial charge in [-0.3, -0.25) is 0 Å². The molecular formula is C13H18N2S2. The number of aromatic nitrogens is 1. The minimum Gasteiger partial charge on any atom is -0.309 e. The van der Waals surface area contributed by atoms with E-state index in [9.17, 15) is 0 Å². The molecule has 17 heavy (non-hydrogen) atoms. The molecule has 2 rings (SSSR count). The van der Waals surface area contributed by atoms with Gasteiger partial charge >= 0.3 is 0 Å². The lowest BCUT2D eigenvalue weighted by molar-refractivity contribution is 0.583. The molecule has 0 spiro atoms. The van der Waals surface area contributed by atoms with Gasteiger partial charge in [-0.05, 0) is 38.6 Å². The number of thiazole rings is 1. The molecule has 92 valence electrons. The molecule has 0 radical (unpaired) electrons. The van der Waals surface area contributed by atoms with Crippen molar-refractivity contribution in [2.24, 2.45) is 0 Å². The van der Waals surface area contributed by atoms with E-state index in [0.29, 0.717) is 6.04 Å². The zero-order valence-electron chi connectivity index (χ0n) is 10.5. The van der Waals surface area contributed by atoms with Gasteiger partial charge < -0.3 is 5.32 Å². The molecular weight excluding hydrogens is 248 g/mol. The smallest absolute Gasteiger partial charge is 0.0900 e. The Hall–Kier alpha value is -0.710. The average Bonchev–Trinajstić information content (AvgIpc) is 2.88. The Balaban J connectivity index is 1.85. The number of nitrogens with one attached hydrogen (secondary N) is 1. The van der Waals surface area contributed by atoms with E-state index in [1.54, 1.807) is 11.3 Å². The van der Waals surface area contributed by atoms with Gasteiger partial charge in [-0.15, -0.1) is 22.7 Å². The fraction of sp³-hybridized carbons (Fsp3) is 0.462. The summed E-state index contributed by atoms with van der Waals surface area (Å²) in [5.74, 6) is 0. The second-order valence-electron chi connectivity index (χ2n) is 4.19. The summed E-state index contributed by atoms with van der Waals surface area (Å²) in [5.41, 5.74) is 1.17. The van der Waals surface area contributed by atoms with Crippen LogP contribution in [0.15, 0.2) is 17.5 Å². The van der Waals surface area contributed by atoms with Crippen molar-refractivity contribution in [3.8, 4) is 0 Å². The van der Waals surface area contributed by atoms with E-state index in [2.05, 4.69) is 48.6 Å². The molecule has 0 aliphatic carbocycles. The molecule has 0 saturated carbocycles. The molecule has 2 heterocycles. The van der Waals surface area contributed by atoms with Crippen LogP contribution in [0.25, 0.3) is 0 Å². The van der Waals surface area contributed by atoms with Crippen molar-refractivity contribution in [1.29, 1.82) is 0 Å². The van der Waals surface area contributed by atoms with Crippen molar-refractivity contribution >= 4 is 22.7 Å². The van der Waals surface area contributed by atoms with Crippen LogP contribution in [0.4, 0.5) is 0 Å². The molecule has 0 aliphatic rings. The van der Waals surface area contributed by atoms with Crippen LogP contribution in [0.1, 0.15) is 33.4 Å². The van der Waals surface area contributed by atoms with E-state index in [0.717, 1.165) is 18.0 Å². The Morgan fingerprint density at radius 3 is 2.82 bits per heavy atom. The molecule has 1 atom stereocenters. The molecule has 1 N–H and O–H groups in total. The van der Waals surface area contributed by atoms with Crippen molar-refractivity contribution in [1.82, 2.24) is 10.3 Å². The van der Waals surface area contributed by atoms with E-state index in [1.807, 2.05) is 11.3 Å². The molecule has 0 amide bonds. The zero-order chi connectivity index (χ0) is 12.3. The third kappa shape index (κ3) is 3.37. The Morgan fingerprint density at radius 2 is 2.24 bits per heavy atom.